The molecule has 0 unspecified atom stereocenters. The maximum Gasteiger partial charge on any atom is 0.155 e. The van der Waals surface area contributed by atoms with Crippen molar-refractivity contribution >= 4 is 29.8 Å². The molecule has 0 atom stereocenters. The Hall–Kier alpha value is -2.15. The predicted molar refractivity (Wildman–Crippen MR) is 120 cm³/mol. The molecule has 0 bridgehead atoms. The number of hydrogen-bond donors (Lipinski definition) is 0. The van der Waals surface area contributed by atoms with Crippen LogP contribution in [0.2, 0.25) is 5.02 Å². The number of halogens is 2. The van der Waals surface area contributed by atoms with E-state index in [1.165, 1.54) is 11.3 Å². The minimum Gasteiger partial charge on any atom is -0.352 e. The summed E-state index contributed by atoms with van der Waals surface area (Å²) in [5.41, 5.74) is 5.63. The van der Waals surface area contributed by atoms with Crippen LogP contribution in [-0.2, 0) is 13.6 Å². The fourth-order valence-corrected chi connectivity index (χ4v) is 3.83. The van der Waals surface area contributed by atoms with Crippen molar-refractivity contribution in [3.63, 3.8) is 0 Å². The van der Waals surface area contributed by atoms with E-state index in [-0.39, 0.29) is 12.4 Å². The molecule has 0 radical (unpaired) electrons. The standard InChI is InChI=1S/C21H25ClN6.ClH/c1-15-4-5-18(22)12-19(15)20-21(24-7-6-23-20)28-10-8-27(9-11-28)14-17-13-25-26(3)16(17)2;/h4-7,12-13H,8-11,14H2,1-3H3;1H. The molecule has 0 aliphatic carbocycles. The molecule has 6 nitrogen and oxygen atoms in total. The summed E-state index contributed by atoms with van der Waals surface area (Å²) < 4.78 is 1.94. The summed E-state index contributed by atoms with van der Waals surface area (Å²) in [5, 5.41) is 5.07. The van der Waals surface area contributed by atoms with Crippen LogP contribution in [-0.4, -0.2) is 50.8 Å². The molecule has 1 aliphatic heterocycles. The van der Waals surface area contributed by atoms with Gasteiger partial charge in [0.05, 0.1) is 6.20 Å². The Balaban J connectivity index is 0.00000240. The number of piperazine rings is 1. The van der Waals surface area contributed by atoms with E-state index in [1.807, 2.05) is 36.1 Å². The average molecular weight is 433 g/mol. The lowest BCUT2D eigenvalue weighted by molar-refractivity contribution is 0.249. The molecule has 1 fully saturated rings. The Kier molecular flexibility index (Phi) is 6.77. The largest absolute Gasteiger partial charge is 0.352 e. The van der Waals surface area contributed by atoms with Gasteiger partial charge in [-0.05, 0) is 31.5 Å². The van der Waals surface area contributed by atoms with E-state index in [9.17, 15) is 0 Å². The van der Waals surface area contributed by atoms with Crippen molar-refractivity contribution in [1.82, 2.24) is 24.6 Å². The first-order valence-corrected chi connectivity index (χ1v) is 9.93. The second kappa shape index (κ2) is 9.11. The van der Waals surface area contributed by atoms with Gasteiger partial charge in [-0.3, -0.25) is 14.6 Å². The van der Waals surface area contributed by atoms with E-state index < -0.39 is 0 Å². The van der Waals surface area contributed by atoms with E-state index in [0.717, 1.165) is 55.4 Å². The summed E-state index contributed by atoms with van der Waals surface area (Å²) in [6.45, 7) is 8.96. The molecular formula is C21H26Cl2N6. The van der Waals surface area contributed by atoms with Gasteiger partial charge in [-0.1, -0.05) is 17.7 Å². The molecule has 0 N–H and O–H groups in total. The van der Waals surface area contributed by atoms with Crippen LogP contribution < -0.4 is 4.90 Å². The summed E-state index contributed by atoms with van der Waals surface area (Å²) in [6.07, 6.45) is 5.50. The second-order valence-electron chi connectivity index (χ2n) is 7.33. The van der Waals surface area contributed by atoms with Crippen LogP contribution in [0.5, 0.6) is 0 Å². The lowest BCUT2D eigenvalue weighted by Gasteiger charge is -2.36. The summed E-state index contributed by atoms with van der Waals surface area (Å²) in [4.78, 5) is 14.1. The summed E-state index contributed by atoms with van der Waals surface area (Å²) in [6, 6.07) is 5.92. The SMILES string of the molecule is Cc1ccc(Cl)cc1-c1nccnc1N1CCN(Cc2cnn(C)c2C)CC1.Cl. The lowest BCUT2D eigenvalue weighted by atomic mass is 10.0. The van der Waals surface area contributed by atoms with E-state index in [1.54, 1.807) is 12.4 Å². The number of aryl methyl sites for hydroxylation is 2. The Labute approximate surface area is 182 Å². The van der Waals surface area contributed by atoms with Gasteiger partial charge >= 0.3 is 0 Å². The van der Waals surface area contributed by atoms with Gasteiger partial charge in [0.1, 0.15) is 5.69 Å². The molecule has 3 aromatic rings. The third-order valence-corrected chi connectivity index (χ3v) is 5.77. The van der Waals surface area contributed by atoms with Crippen LogP contribution in [0.3, 0.4) is 0 Å². The monoisotopic (exact) mass is 432 g/mol. The average Bonchev–Trinajstić information content (AvgIpc) is 3.02. The number of nitrogens with zero attached hydrogens (tertiary/aromatic N) is 6. The molecule has 1 aromatic carbocycles. The third-order valence-electron chi connectivity index (χ3n) is 5.54. The molecule has 2 aromatic heterocycles. The van der Waals surface area contributed by atoms with Crippen molar-refractivity contribution in [3.05, 3.63) is 58.6 Å². The molecule has 154 valence electrons. The van der Waals surface area contributed by atoms with Gasteiger partial charge in [-0.15, -0.1) is 12.4 Å². The number of anilines is 1. The second-order valence-corrected chi connectivity index (χ2v) is 7.77. The van der Waals surface area contributed by atoms with Crippen LogP contribution in [0.15, 0.2) is 36.8 Å². The molecule has 0 saturated carbocycles. The quantitative estimate of drug-likeness (QED) is 0.625. The summed E-state index contributed by atoms with van der Waals surface area (Å²) >= 11 is 6.24. The van der Waals surface area contributed by atoms with Gasteiger partial charge in [-0.2, -0.15) is 5.10 Å². The highest BCUT2D eigenvalue weighted by Crippen LogP contribution is 2.31. The van der Waals surface area contributed by atoms with Crippen molar-refractivity contribution in [1.29, 1.82) is 0 Å². The smallest absolute Gasteiger partial charge is 0.155 e. The Morgan fingerprint density at radius 3 is 2.45 bits per heavy atom. The molecule has 29 heavy (non-hydrogen) atoms. The van der Waals surface area contributed by atoms with Crippen LogP contribution in [0.1, 0.15) is 16.8 Å². The van der Waals surface area contributed by atoms with Gasteiger partial charge in [0.2, 0.25) is 0 Å². The minimum absolute atomic E-state index is 0. The first kappa shape index (κ1) is 21.6. The van der Waals surface area contributed by atoms with Crippen LogP contribution >= 0.6 is 24.0 Å². The maximum atomic E-state index is 6.24. The maximum absolute atomic E-state index is 6.24. The van der Waals surface area contributed by atoms with Gasteiger partial charge < -0.3 is 4.90 Å². The van der Waals surface area contributed by atoms with Crippen molar-refractivity contribution in [3.8, 4) is 11.3 Å². The first-order chi connectivity index (χ1) is 13.5. The molecule has 4 rings (SSSR count). The van der Waals surface area contributed by atoms with Gasteiger partial charge in [0.25, 0.3) is 0 Å². The van der Waals surface area contributed by atoms with Crippen molar-refractivity contribution in [2.45, 2.75) is 20.4 Å². The van der Waals surface area contributed by atoms with Gasteiger partial charge in [0, 0.05) is 74.0 Å². The Morgan fingerprint density at radius 2 is 1.76 bits per heavy atom. The number of hydrogen-bond acceptors (Lipinski definition) is 5. The first-order valence-electron chi connectivity index (χ1n) is 9.55. The summed E-state index contributed by atoms with van der Waals surface area (Å²) in [5.74, 6) is 0.935. The third kappa shape index (κ3) is 4.55. The Morgan fingerprint density at radius 1 is 1.03 bits per heavy atom. The highest BCUT2D eigenvalue weighted by Gasteiger charge is 2.23. The fourth-order valence-electron chi connectivity index (χ4n) is 3.66. The highest BCUT2D eigenvalue weighted by molar-refractivity contribution is 6.30. The molecule has 8 heteroatoms. The van der Waals surface area contributed by atoms with E-state index in [4.69, 9.17) is 11.6 Å². The van der Waals surface area contributed by atoms with Crippen molar-refractivity contribution < 1.29 is 0 Å². The Bertz CT molecular complexity index is 979. The normalized spacial score (nSPS) is 14.7. The van der Waals surface area contributed by atoms with Crippen molar-refractivity contribution in [2.24, 2.45) is 7.05 Å². The van der Waals surface area contributed by atoms with Gasteiger partial charge in [0.15, 0.2) is 5.82 Å². The lowest BCUT2D eigenvalue weighted by Crippen LogP contribution is -2.46. The fraction of sp³-hybridized carbons (Fsp3) is 0.381. The zero-order valence-corrected chi connectivity index (χ0v) is 18.5. The number of rotatable bonds is 4. The van der Waals surface area contributed by atoms with E-state index in [0.29, 0.717) is 5.02 Å². The molecule has 0 amide bonds. The topological polar surface area (TPSA) is 50.1 Å². The zero-order chi connectivity index (χ0) is 19.7. The molecule has 1 aliphatic rings. The van der Waals surface area contributed by atoms with E-state index in [2.05, 4.69) is 38.7 Å². The summed E-state index contributed by atoms with van der Waals surface area (Å²) in [7, 11) is 1.99. The predicted octanol–water partition coefficient (Wildman–Crippen LogP) is 3.89. The van der Waals surface area contributed by atoms with Crippen LogP contribution in [0.25, 0.3) is 11.3 Å². The molecule has 3 heterocycles. The zero-order valence-electron chi connectivity index (χ0n) is 17.0. The highest BCUT2D eigenvalue weighted by atomic mass is 35.5. The van der Waals surface area contributed by atoms with Gasteiger partial charge in [-0.25, -0.2) is 4.98 Å². The van der Waals surface area contributed by atoms with Crippen LogP contribution in [0.4, 0.5) is 5.82 Å². The molecule has 1 saturated heterocycles. The van der Waals surface area contributed by atoms with Crippen molar-refractivity contribution in [2.75, 3.05) is 31.1 Å². The minimum atomic E-state index is 0. The molecule has 0 spiro atoms. The van der Waals surface area contributed by atoms with Crippen LogP contribution in [0, 0.1) is 13.8 Å². The number of aromatic nitrogens is 4. The number of benzene rings is 1. The van der Waals surface area contributed by atoms with E-state index >= 15 is 0 Å². The molecular weight excluding hydrogens is 407 g/mol.